The lowest BCUT2D eigenvalue weighted by atomic mass is 10.2. The van der Waals surface area contributed by atoms with Crippen molar-refractivity contribution < 1.29 is 14.3 Å². The van der Waals surface area contributed by atoms with Crippen LogP contribution in [0.5, 0.6) is 0 Å². The average Bonchev–Trinajstić information content (AvgIpc) is 3.64. The molecule has 3 aromatic heterocycles. The topological polar surface area (TPSA) is 94.7 Å². The zero-order chi connectivity index (χ0) is 30.6. The van der Waals surface area contributed by atoms with Gasteiger partial charge < -0.3 is 14.4 Å². The van der Waals surface area contributed by atoms with Gasteiger partial charge >= 0.3 is 5.97 Å². The molecule has 0 radical (unpaired) electrons. The lowest BCUT2D eigenvalue weighted by molar-refractivity contribution is 0.0519. The number of esters is 1. The van der Waals surface area contributed by atoms with Crippen LogP contribution in [0, 0.1) is 0 Å². The number of thiazole rings is 2. The van der Waals surface area contributed by atoms with Crippen molar-refractivity contribution >= 4 is 86.3 Å². The molecular weight excluding hydrogens is 711 g/mol. The van der Waals surface area contributed by atoms with Crippen molar-refractivity contribution in [2.75, 3.05) is 29.6 Å². The summed E-state index contributed by atoms with van der Waals surface area (Å²) in [6.07, 6.45) is 3.97. The molecule has 1 aromatic carbocycles. The van der Waals surface area contributed by atoms with Crippen LogP contribution >= 0.6 is 45.3 Å². The summed E-state index contributed by atoms with van der Waals surface area (Å²) in [5, 5.41) is 9.94. The Balaban J connectivity index is 1.47. The highest BCUT2D eigenvalue weighted by atomic mass is 127. The molecular formula is C30H39IN6O3S2Si. The highest BCUT2D eigenvalue weighted by molar-refractivity contribution is 14.1. The van der Waals surface area contributed by atoms with Gasteiger partial charge in [-0.2, -0.15) is 4.99 Å². The predicted molar refractivity (Wildman–Crippen MR) is 186 cm³/mol. The molecule has 43 heavy (non-hydrogen) atoms. The standard InChI is InChI=1S/C30H39IN6O3S2Si/c1-6-40-28(38)26-24(12-9-15-31)42-29(32-26)36(2)25-18-21(20-13-14-20)27(35-34-25)33-30-37(19-39-16-17-43(3,4)5)22-10-7-8-11-23(22)41-30/h7-8,10-11,18,20H,6,9,12-17,19H2,1-5H3. The molecule has 0 unspecified atom stereocenters. The first-order valence-corrected chi connectivity index (χ1v) is 21.6. The summed E-state index contributed by atoms with van der Waals surface area (Å²) in [5.41, 5.74) is 2.60. The molecule has 13 heteroatoms. The third-order valence-electron chi connectivity index (χ3n) is 7.14. The molecule has 5 rings (SSSR count). The van der Waals surface area contributed by atoms with Crippen molar-refractivity contribution in [3.05, 3.63) is 51.3 Å². The Labute approximate surface area is 275 Å². The zero-order valence-electron chi connectivity index (χ0n) is 25.4. The number of ether oxygens (including phenoxy) is 2. The average molecular weight is 751 g/mol. The number of rotatable bonds is 14. The number of fused-ring (bicyclic) bond motifs is 1. The van der Waals surface area contributed by atoms with Gasteiger partial charge in [-0.1, -0.05) is 65.7 Å². The number of carbonyl (C=O) groups is 1. The van der Waals surface area contributed by atoms with E-state index in [1.807, 2.05) is 18.9 Å². The third-order valence-corrected chi connectivity index (χ3v) is 11.9. The smallest absolute Gasteiger partial charge is 0.358 e. The molecule has 3 heterocycles. The summed E-state index contributed by atoms with van der Waals surface area (Å²) in [6, 6.07) is 11.5. The van der Waals surface area contributed by atoms with Crippen molar-refractivity contribution in [1.82, 2.24) is 19.7 Å². The van der Waals surface area contributed by atoms with E-state index in [4.69, 9.17) is 14.5 Å². The van der Waals surface area contributed by atoms with Crippen molar-refractivity contribution in [2.45, 2.75) is 70.9 Å². The monoisotopic (exact) mass is 750 g/mol. The number of nitrogens with zero attached hydrogens (tertiary/aromatic N) is 6. The van der Waals surface area contributed by atoms with Crippen molar-refractivity contribution in [1.29, 1.82) is 0 Å². The third kappa shape index (κ3) is 8.10. The van der Waals surface area contributed by atoms with Crippen LogP contribution in [0.1, 0.15) is 53.0 Å². The molecule has 1 saturated carbocycles. The molecule has 1 aliphatic carbocycles. The van der Waals surface area contributed by atoms with Crippen LogP contribution in [0.25, 0.3) is 10.2 Å². The summed E-state index contributed by atoms with van der Waals surface area (Å²) in [5.74, 6) is 1.37. The maximum absolute atomic E-state index is 12.6. The molecule has 0 spiro atoms. The van der Waals surface area contributed by atoms with Gasteiger partial charge in [0.25, 0.3) is 0 Å². The van der Waals surface area contributed by atoms with Crippen LogP contribution in [-0.4, -0.2) is 58.5 Å². The van der Waals surface area contributed by atoms with Crippen molar-refractivity contribution in [3.8, 4) is 0 Å². The van der Waals surface area contributed by atoms with Gasteiger partial charge in [0.1, 0.15) is 6.73 Å². The molecule has 0 atom stereocenters. The minimum Gasteiger partial charge on any atom is -0.461 e. The Kier molecular flexibility index (Phi) is 10.7. The molecule has 0 N–H and O–H groups in total. The van der Waals surface area contributed by atoms with E-state index in [0.29, 0.717) is 41.7 Å². The van der Waals surface area contributed by atoms with Crippen LogP contribution in [-0.2, 0) is 22.6 Å². The summed E-state index contributed by atoms with van der Waals surface area (Å²) >= 11 is 5.51. The lowest BCUT2D eigenvalue weighted by Crippen LogP contribution is -2.23. The van der Waals surface area contributed by atoms with E-state index >= 15 is 0 Å². The van der Waals surface area contributed by atoms with Gasteiger partial charge in [0.05, 0.1) is 16.8 Å². The number of hydrogen-bond donors (Lipinski definition) is 0. The molecule has 9 nitrogen and oxygen atoms in total. The van der Waals surface area contributed by atoms with E-state index in [2.05, 4.69) is 92.3 Å². The lowest BCUT2D eigenvalue weighted by Gasteiger charge is -2.16. The maximum Gasteiger partial charge on any atom is 0.358 e. The number of anilines is 2. The minimum atomic E-state index is -1.18. The zero-order valence-corrected chi connectivity index (χ0v) is 30.2. The fourth-order valence-electron chi connectivity index (χ4n) is 4.53. The van der Waals surface area contributed by atoms with Crippen LogP contribution in [0.15, 0.2) is 35.3 Å². The van der Waals surface area contributed by atoms with Crippen LogP contribution < -0.4 is 9.70 Å². The number of aryl methyl sites for hydroxylation is 1. The molecule has 0 amide bonds. The molecule has 1 fully saturated rings. The van der Waals surface area contributed by atoms with E-state index in [1.165, 1.54) is 11.3 Å². The van der Waals surface area contributed by atoms with E-state index in [0.717, 1.165) is 68.2 Å². The Bertz CT molecular complexity index is 1640. The SMILES string of the molecule is CCOC(=O)c1nc(N(C)c2cc(C3CC3)c(N=c3sc4ccccc4n3COCC[Si](C)(C)C)nn2)sc1CCCI. The van der Waals surface area contributed by atoms with Gasteiger partial charge in [-0.15, -0.1) is 21.5 Å². The number of halogens is 1. The van der Waals surface area contributed by atoms with E-state index in [1.54, 1.807) is 11.3 Å². The predicted octanol–water partition coefficient (Wildman–Crippen LogP) is 7.68. The Hall–Kier alpha value is -2.20. The van der Waals surface area contributed by atoms with Gasteiger partial charge in [0, 0.05) is 32.2 Å². The molecule has 0 saturated heterocycles. The summed E-state index contributed by atoms with van der Waals surface area (Å²) in [7, 11) is 0.740. The number of benzene rings is 1. The first kappa shape index (κ1) is 32.2. The Morgan fingerprint density at radius 1 is 1.21 bits per heavy atom. The second-order valence-electron chi connectivity index (χ2n) is 11.8. The maximum atomic E-state index is 12.6. The van der Waals surface area contributed by atoms with E-state index in [-0.39, 0.29) is 5.97 Å². The highest BCUT2D eigenvalue weighted by Gasteiger charge is 2.29. The summed E-state index contributed by atoms with van der Waals surface area (Å²) < 4.78 is 15.8. The first-order valence-electron chi connectivity index (χ1n) is 14.7. The fourth-order valence-corrected chi connectivity index (χ4v) is 7.74. The number of hydrogen-bond acceptors (Lipinski definition) is 10. The number of para-hydroxylation sites is 1. The van der Waals surface area contributed by atoms with Gasteiger partial charge in [0.2, 0.25) is 0 Å². The van der Waals surface area contributed by atoms with Crippen molar-refractivity contribution in [3.63, 3.8) is 0 Å². The van der Waals surface area contributed by atoms with E-state index < -0.39 is 8.07 Å². The molecule has 4 aromatic rings. The van der Waals surface area contributed by atoms with Crippen LogP contribution in [0.2, 0.25) is 25.7 Å². The Morgan fingerprint density at radius 3 is 2.72 bits per heavy atom. The van der Waals surface area contributed by atoms with E-state index in [9.17, 15) is 4.79 Å². The molecule has 1 aliphatic rings. The second kappa shape index (κ2) is 14.3. The second-order valence-corrected chi connectivity index (χ2v) is 20.6. The fraction of sp³-hybridized carbons (Fsp3) is 0.500. The van der Waals surface area contributed by atoms with Crippen LogP contribution in [0.4, 0.5) is 16.8 Å². The van der Waals surface area contributed by atoms with Crippen LogP contribution in [0.3, 0.4) is 0 Å². The van der Waals surface area contributed by atoms with Gasteiger partial charge in [0.15, 0.2) is 27.3 Å². The van der Waals surface area contributed by atoms with Gasteiger partial charge in [-0.3, -0.25) is 4.57 Å². The number of alkyl halides is 1. The molecule has 0 aliphatic heterocycles. The highest BCUT2D eigenvalue weighted by Crippen LogP contribution is 2.45. The minimum absolute atomic E-state index is 0.318. The summed E-state index contributed by atoms with van der Waals surface area (Å²) in [4.78, 5) is 26.1. The Morgan fingerprint density at radius 2 is 2.00 bits per heavy atom. The number of aromatic nitrogens is 4. The molecule has 230 valence electrons. The van der Waals surface area contributed by atoms with Gasteiger partial charge in [-0.25, -0.2) is 9.78 Å². The first-order chi connectivity index (χ1) is 20.7. The van der Waals surface area contributed by atoms with Crippen molar-refractivity contribution in [2.24, 2.45) is 4.99 Å². The number of carbonyl (C=O) groups excluding carboxylic acids is 1. The largest absolute Gasteiger partial charge is 0.461 e. The summed E-state index contributed by atoms with van der Waals surface area (Å²) in [6.45, 7) is 10.4. The normalized spacial score (nSPS) is 14.0. The molecule has 0 bridgehead atoms. The van der Waals surface area contributed by atoms with Gasteiger partial charge in [-0.05, 0) is 67.2 Å². The quantitative estimate of drug-likeness (QED) is 0.0429.